The number of thiazole rings is 1. The summed E-state index contributed by atoms with van der Waals surface area (Å²) in [5, 5.41) is 6.07. The van der Waals surface area contributed by atoms with Crippen molar-refractivity contribution >= 4 is 23.1 Å². The van der Waals surface area contributed by atoms with Gasteiger partial charge in [0.2, 0.25) is 5.91 Å². The highest BCUT2D eigenvalue weighted by Crippen LogP contribution is 2.21. The van der Waals surface area contributed by atoms with Crippen LogP contribution < -0.4 is 10.2 Å². The number of carbonyl (C=O) groups is 1. The number of piperidine rings is 1. The summed E-state index contributed by atoms with van der Waals surface area (Å²) in [6, 6.07) is 5.90. The van der Waals surface area contributed by atoms with Gasteiger partial charge in [0.05, 0.1) is 10.9 Å². The van der Waals surface area contributed by atoms with Crippen molar-refractivity contribution in [3.63, 3.8) is 0 Å². The Kier molecular flexibility index (Phi) is 5.00. The quantitative estimate of drug-likeness (QED) is 0.918. The van der Waals surface area contributed by atoms with Crippen molar-refractivity contribution in [1.82, 2.24) is 15.3 Å². The first-order chi connectivity index (χ1) is 10.8. The van der Waals surface area contributed by atoms with Crippen LogP contribution in [0.1, 0.15) is 17.8 Å². The molecule has 1 aliphatic rings. The van der Waals surface area contributed by atoms with Crippen LogP contribution in [0.4, 0.5) is 5.82 Å². The fraction of sp³-hybridized carbons (Fsp3) is 0.438. The summed E-state index contributed by atoms with van der Waals surface area (Å²) in [6.45, 7) is 2.38. The van der Waals surface area contributed by atoms with Gasteiger partial charge in [0.25, 0.3) is 0 Å². The smallest absolute Gasteiger partial charge is 0.224 e. The molecule has 3 heterocycles. The molecular weight excluding hydrogens is 296 g/mol. The molecule has 1 atom stereocenters. The molecule has 0 spiro atoms. The molecule has 0 aromatic carbocycles. The number of aromatic nitrogens is 2. The Morgan fingerprint density at radius 2 is 2.32 bits per heavy atom. The van der Waals surface area contributed by atoms with Crippen molar-refractivity contribution in [2.45, 2.75) is 19.3 Å². The highest BCUT2D eigenvalue weighted by molar-refractivity contribution is 7.09. The molecule has 2 aromatic rings. The lowest BCUT2D eigenvalue weighted by molar-refractivity contribution is -0.125. The molecule has 0 aliphatic carbocycles. The van der Waals surface area contributed by atoms with Crippen LogP contribution in [-0.2, 0) is 11.2 Å². The van der Waals surface area contributed by atoms with Crippen LogP contribution in [0.15, 0.2) is 36.0 Å². The van der Waals surface area contributed by atoms with Crippen LogP contribution in [-0.4, -0.2) is 35.5 Å². The van der Waals surface area contributed by atoms with Gasteiger partial charge in [-0.25, -0.2) is 9.97 Å². The zero-order valence-corrected chi connectivity index (χ0v) is 13.3. The fourth-order valence-corrected chi connectivity index (χ4v) is 3.37. The van der Waals surface area contributed by atoms with Crippen molar-refractivity contribution in [1.29, 1.82) is 0 Å². The number of amides is 1. The first-order valence-corrected chi connectivity index (χ1v) is 8.53. The molecule has 1 aliphatic heterocycles. The van der Waals surface area contributed by atoms with E-state index in [0.29, 0.717) is 6.54 Å². The van der Waals surface area contributed by atoms with Gasteiger partial charge in [0, 0.05) is 43.8 Å². The Balaban J connectivity index is 1.49. The monoisotopic (exact) mass is 316 g/mol. The van der Waals surface area contributed by atoms with Crippen molar-refractivity contribution in [3.05, 3.63) is 41.0 Å². The first-order valence-electron chi connectivity index (χ1n) is 7.65. The van der Waals surface area contributed by atoms with Gasteiger partial charge in [-0.3, -0.25) is 4.79 Å². The maximum Gasteiger partial charge on any atom is 0.224 e. The first kappa shape index (κ1) is 15.0. The topological polar surface area (TPSA) is 58.1 Å². The van der Waals surface area contributed by atoms with Crippen molar-refractivity contribution in [2.24, 2.45) is 5.92 Å². The lowest BCUT2D eigenvalue weighted by Gasteiger charge is -2.32. The average Bonchev–Trinajstić information content (AvgIpc) is 3.09. The number of nitrogens with zero attached hydrogens (tertiary/aromatic N) is 3. The summed E-state index contributed by atoms with van der Waals surface area (Å²) in [6.07, 6.45) is 6.38. The summed E-state index contributed by atoms with van der Waals surface area (Å²) in [4.78, 5) is 23.1. The standard InChI is InChI=1S/C16H20N4OS/c21-16(19-8-6-15-18-9-11-22-15)13-4-3-10-20(12-13)14-5-1-2-7-17-14/h1-2,5,7,9,11,13H,3-4,6,8,10,12H2,(H,19,21)/t13-/m1/s1. The number of pyridine rings is 1. The minimum absolute atomic E-state index is 0.0482. The Morgan fingerprint density at radius 1 is 1.36 bits per heavy atom. The predicted molar refractivity (Wildman–Crippen MR) is 88.0 cm³/mol. The Bertz CT molecular complexity index is 587. The van der Waals surface area contributed by atoms with Gasteiger partial charge >= 0.3 is 0 Å². The van der Waals surface area contributed by atoms with Gasteiger partial charge in [0.1, 0.15) is 5.82 Å². The molecule has 116 valence electrons. The predicted octanol–water partition coefficient (Wildman–Crippen LogP) is 2.11. The van der Waals surface area contributed by atoms with E-state index in [9.17, 15) is 4.79 Å². The van der Waals surface area contributed by atoms with Crippen molar-refractivity contribution in [3.8, 4) is 0 Å². The second-order valence-corrected chi connectivity index (χ2v) is 6.42. The molecule has 0 bridgehead atoms. The maximum atomic E-state index is 12.3. The SMILES string of the molecule is O=C(NCCc1nccs1)[C@@H]1CCCN(c2ccccn2)C1. The summed E-state index contributed by atoms with van der Waals surface area (Å²) in [5.41, 5.74) is 0. The van der Waals surface area contributed by atoms with E-state index in [0.717, 1.165) is 43.2 Å². The van der Waals surface area contributed by atoms with Gasteiger partial charge in [-0.15, -0.1) is 11.3 Å². The molecule has 1 amide bonds. The second-order valence-electron chi connectivity index (χ2n) is 5.44. The number of rotatable bonds is 5. The van der Waals surface area contributed by atoms with E-state index < -0.39 is 0 Å². The van der Waals surface area contributed by atoms with Gasteiger partial charge < -0.3 is 10.2 Å². The van der Waals surface area contributed by atoms with Gasteiger partial charge in [0.15, 0.2) is 0 Å². The third-order valence-corrected chi connectivity index (χ3v) is 4.73. The van der Waals surface area contributed by atoms with Crippen LogP contribution in [0.2, 0.25) is 0 Å². The minimum Gasteiger partial charge on any atom is -0.356 e. The highest BCUT2D eigenvalue weighted by Gasteiger charge is 2.26. The number of anilines is 1. The molecule has 1 fully saturated rings. The zero-order valence-electron chi connectivity index (χ0n) is 12.4. The largest absolute Gasteiger partial charge is 0.356 e. The number of nitrogens with one attached hydrogen (secondary N) is 1. The third kappa shape index (κ3) is 3.82. The van der Waals surface area contributed by atoms with Gasteiger partial charge in [-0.1, -0.05) is 6.07 Å². The van der Waals surface area contributed by atoms with Crippen LogP contribution in [0.5, 0.6) is 0 Å². The van der Waals surface area contributed by atoms with Crippen LogP contribution in [0.25, 0.3) is 0 Å². The number of hydrogen-bond acceptors (Lipinski definition) is 5. The van der Waals surface area contributed by atoms with Crippen LogP contribution >= 0.6 is 11.3 Å². The van der Waals surface area contributed by atoms with Crippen molar-refractivity contribution < 1.29 is 4.79 Å². The van der Waals surface area contributed by atoms with Gasteiger partial charge in [-0.2, -0.15) is 0 Å². The molecule has 0 saturated carbocycles. The van der Waals surface area contributed by atoms with E-state index in [2.05, 4.69) is 20.2 Å². The van der Waals surface area contributed by atoms with Crippen LogP contribution in [0, 0.1) is 5.92 Å². The lowest BCUT2D eigenvalue weighted by Crippen LogP contribution is -2.43. The number of carbonyl (C=O) groups excluding carboxylic acids is 1. The Morgan fingerprint density at radius 3 is 3.09 bits per heavy atom. The zero-order chi connectivity index (χ0) is 15.2. The molecule has 1 saturated heterocycles. The van der Waals surface area contributed by atoms with Crippen LogP contribution in [0.3, 0.4) is 0 Å². The van der Waals surface area contributed by atoms with E-state index in [1.165, 1.54) is 0 Å². The minimum atomic E-state index is 0.0482. The lowest BCUT2D eigenvalue weighted by atomic mass is 9.97. The molecule has 22 heavy (non-hydrogen) atoms. The summed E-state index contributed by atoms with van der Waals surface area (Å²) < 4.78 is 0. The molecule has 5 nitrogen and oxygen atoms in total. The summed E-state index contributed by atoms with van der Waals surface area (Å²) in [5.74, 6) is 1.16. The average molecular weight is 316 g/mol. The second kappa shape index (κ2) is 7.35. The van der Waals surface area contributed by atoms with E-state index in [1.807, 2.05) is 23.6 Å². The van der Waals surface area contributed by atoms with E-state index in [-0.39, 0.29) is 11.8 Å². The van der Waals surface area contributed by atoms with E-state index >= 15 is 0 Å². The summed E-state index contributed by atoms with van der Waals surface area (Å²) >= 11 is 1.63. The van der Waals surface area contributed by atoms with Crippen molar-refractivity contribution in [2.75, 3.05) is 24.5 Å². The molecule has 2 aromatic heterocycles. The molecule has 6 heteroatoms. The fourth-order valence-electron chi connectivity index (χ4n) is 2.75. The van der Waals surface area contributed by atoms with Gasteiger partial charge in [-0.05, 0) is 25.0 Å². The van der Waals surface area contributed by atoms with E-state index in [4.69, 9.17) is 0 Å². The molecule has 1 N–H and O–H groups in total. The summed E-state index contributed by atoms with van der Waals surface area (Å²) in [7, 11) is 0. The number of hydrogen-bond donors (Lipinski definition) is 1. The maximum absolute atomic E-state index is 12.3. The molecule has 0 radical (unpaired) electrons. The van der Waals surface area contributed by atoms with E-state index in [1.54, 1.807) is 23.7 Å². The highest BCUT2D eigenvalue weighted by atomic mass is 32.1. The Hall–Kier alpha value is -1.95. The molecule has 3 rings (SSSR count). The Labute approximate surface area is 134 Å². The molecule has 0 unspecified atom stereocenters. The molecular formula is C16H20N4OS. The third-order valence-electron chi connectivity index (χ3n) is 3.89. The normalized spacial score (nSPS) is 18.2.